The molecule has 0 aliphatic carbocycles. The Morgan fingerprint density at radius 1 is 1.24 bits per heavy atom. The van der Waals surface area contributed by atoms with Crippen molar-refractivity contribution in [1.82, 2.24) is 9.78 Å². The molecule has 0 N–H and O–H groups in total. The molecule has 2 aromatic carbocycles. The molecular formula is C23H17ClFN3O6. The van der Waals surface area contributed by atoms with Gasteiger partial charge in [0.2, 0.25) is 5.43 Å². The molecular weight excluding hydrogens is 469 g/mol. The minimum absolute atomic E-state index is 0.00599. The predicted octanol–water partition coefficient (Wildman–Crippen LogP) is 4.89. The number of fused-ring (bicyclic) bond motifs is 1. The van der Waals surface area contributed by atoms with Crippen LogP contribution in [0.2, 0.25) is 5.02 Å². The topological polar surface area (TPSA) is 117 Å². The summed E-state index contributed by atoms with van der Waals surface area (Å²) in [6.07, 6.45) is 0. The third-order valence-corrected chi connectivity index (χ3v) is 5.60. The van der Waals surface area contributed by atoms with E-state index in [0.717, 1.165) is 0 Å². The van der Waals surface area contributed by atoms with Crippen LogP contribution in [0.15, 0.2) is 45.6 Å². The van der Waals surface area contributed by atoms with Crippen molar-refractivity contribution in [3.05, 3.63) is 84.7 Å². The van der Waals surface area contributed by atoms with E-state index in [-0.39, 0.29) is 62.2 Å². The standard InChI is InChI=1S/C23H17ClFN3O6/c1-11-22(28(31)32)12(2)27(26-11)10-19(29)34-14-7-8-15-18(9-14)33-13(3)20(23(15)30)21-16(24)5-4-6-17(21)25/h4-9H,10H2,1-3H3. The van der Waals surface area contributed by atoms with Gasteiger partial charge in [-0.1, -0.05) is 17.7 Å². The molecule has 0 aliphatic rings. The highest BCUT2D eigenvalue weighted by atomic mass is 35.5. The second-order valence-electron chi connectivity index (χ2n) is 7.53. The smallest absolute Gasteiger partial charge is 0.333 e. The van der Waals surface area contributed by atoms with Crippen LogP contribution in [-0.4, -0.2) is 20.7 Å². The minimum atomic E-state index is -0.728. The van der Waals surface area contributed by atoms with E-state index >= 15 is 0 Å². The van der Waals surface area contributed by atoms with Crippen LogP contribution in [0, 0.1) is 36.7 Å². The highest BCUT2D eigenvalue weighted by molar-refractivity contribution is 6.33. The van der Waals surface area contributed by atoms with Crippen LogP contribution in [0.5, 0.6) is 5.75 Å². The van der Waals surface area contributed by atoms with Gasteiger partial charge in [-0.05, 0) is 45.0 Å². The fourth-order valence-corrected chi connectivity index (χ4v) is 4.02. The molecule has 4 aromatic rings. The molecule has 0 amide bonds. The average molecular weight is 486 g/mol. The maximum atomic E-state index is 14.4. The second-order valence-corrected chi connectivity index (χ2v) is 7.93. The van der Waals surface area contributed by atoms with E-state index in [9.17, 15) is 24.1 Å². The predicted molar refractivity (Wildman–Crippen MR) is 122 cm³/mol. The first kappa shape index (κ1) is 23.1. The molecule has 0 saturated heterocycles. The number of aryl methyl sites for hydroxylation is 2. The van der Waals surface area contributed by atoms with Gasteiger partial charge in [0.25, 0.3) is 0 Å². The van der Waals surface area contributed by atoms with Gasteiger partial charge in [0.05, 0.1) is 20.9 Å². The molecule has 0 atom stereocenters. The Balaban J connectivity index is 1.65. The van der Waals surface area contributed by atoms with Crippen LogP contribution >= 0.6 is 11.6 Å². The van der Waals surface area contributed by atoms with Crippen molar-refractivity contribution in [2.45, 2.75) is 27.3 Å². The SMILES string of the molecule is Cc1nn(CC(=O)Oc2ccc3c(=O)c(-c4c(F)cccc4Cl)c(C)oc3c2)c(C)c1[N+](=O)[O-]. The summed E-state index contributed by atoms with van der Waals surface area (Å²) in [6, 6.07) is 8.26. The van der Waals surface area contributed by atoms with Crippen LogP contribution in [0.1, 0.15) is 17.1 Å². The number of ether oxygens (including phenoxy) is 1. The number of esters is 1. The normalized spacial score (nSPS) is 11.1. The van der Waals surface area contributed by atoms with Gasteiger partial charge in [-0.2, -0.15) is 5.10 Å². The van der Waals surface area contributed by atoms with Crippen LogP contribution < -0.4 is 10.2 Å². The summed E-state index contributed by atoms with van der Waals surface area (Å²) in [4.78, 5) is 36.1. The van der Waals surface area contributed by atoms with E-state index in [2.05, 4.69) is 5.10 Å². The van der Waals surface area contributed by atoms with Gasteiger partial charge in [0.15, 0.2) is 0 Å². The Bertz CT molecular complexity index is 1520. The zero-order chi connectivity index (χ0) is 24.7. The minimum Gasteiger partial charge on any atom is -0.460 e. The Labute approximate surface area is 196 Å². The van der Waals surface area contributed by atoms with E-state index in [0.29, 0.717) is 0 Å². The lowest BCUT2D eigenvalue weighted by Crippen LogP contribution is -2.18. The van der Waals surface area contributed by atoms with Gasteiger partial charge >= 0.3 is 11.7 Å². The molecule has 0 fully saturated rings. The van der Waals surface area contributed by atoms with Gasteiger partial charge < -0.3 is 9.15 Å². The lowest BCUT2D eigenvalue weighted by molar-refractivity contribution is -0.386. The maximum absolute atomic E-state index is 14.4. The van der Waals surface area contributed by atoms with Crippen molar-refractivity contribution >= 4 is 34.2 Å². The summed E-state index contributed by atoms with van der Waals surface area (Å²) >= 11 is 6.13. The van der Waals surface area contributed by atoms with Crippen molar-refractivity contribution < 1.29 is 23.3 Å². The molecule has 9 nitrogen and oxygen atoms in total. The summed E-state index contributed by atoms with van der Waals surface area (Å²) < 4.78 is 26.6. The molecule has 11 heteroatoms. The summed E-state index contributed by atoms with van der Waals surface area (Å²) in [5, 5.41) is 15.4. The van der Waals surface area contributed by atoms with Crippen LogP contribution in [0.4, 0.5) is 10.1 Å². The molecule has 34 heavy (non-hydrogen) atoms. The first-order valence-corrected chi connectivity index (χ1v) is 10.4. The highest BCUT2D eigenvalue weighted by Crippen LogP contribution is 2.33. The van der Waals surface area contributed by atoms with Crippen molar-refractivity contribution in [2.75, 3.05) is 0 Å². The number of nitrogens with zero attached hydrogens (tertiary/aromatic N) is 3. The Kier molecular flexibility index (Phi) is 5.92. The fourth-order valence-electron chi connectivity index (χ4n) is 3.77. The van der Waals surface area contributed by atoms with Crippen LogP contribution in [0.3, 0.4) is 0 Å². The van der Waals surface area contributed by atoms with Crippen molar-refractivity contribution in [3.63, 3.8) is 0 Å². The molecule has 174 valence electrons. The Hall–Kier alpha value is -4.05. The number of benzene rings is 2. The van der Waals surface area contributed by atoms with Gasteiger partial charge in [-0.25, -0.2) is 9.18 Å². The highest BCUT2D eigenvalue weighted by Gasteiger charge is 2.24. The van der Waals surface area contributed by atoms with Crippen LogP contribution in [0.25, 0.3) is 22.1 Å². The number of rotatable bonds is 5. The zero-order valence-corrected chi connectivity index (χ0v) is 19.0. The third-order valence-electron chi connectivity index (χ3n) is 5.29. The maximum Gasteiger partial charge on any atom is 0.333 e. The number of carbonyl (C=O) groups excluding carboxylic acids is 1. The quantitative estimate of drug-likeness (QED) is 0.171. The van der Waals surface area contributed by atoms with Crippen molar-refractivity contribution in [3.8, 4) is 16.9 Å². The fraction of sp³-hybridized carbons (Fsp3) is 0.174. The molecule has 0 saturated carbocycles. The van der Waals surface area contributed by atoms with Gasteiger partial charge in [0, 0.05) is 11.6 Å². The average Bonchev–Trinajstić information content (AvgIpc) is 3.02. The number of carbonyl (C=O) groups is 1. The molecule has 0 spiro atoms. The number of hydrogen-bond acceptors (Lipinski definition) is 7. The molecule has 0 radical (unpaired) electrons. The number of nitro groups is 1. The zero-order valence-electron chi connectivity index (χ0n) is 18.2. The molecule has 0 unspecified atom stereocenters. The van der Waals surface area contributed by atoms with Gasteiger partial charge in [-0.3, -0.25) is 19.6 Å². The number of aromatic nitrogens is 2. The Morgan fingerprint density at radius 2 is 1.97 bits per heavy atom. The first-order chi connectivity index (χ1) is 16.1. The van der Waals surface area contributed by atoms with E-state index in [1.54, 1.807) is 0 Å². The lowest BCUT2D eigenvalue weighted by atomic mass is 10.0. The monoisotopic (exact) mass is 485 g/mol. The summed E-state index contributed by atoms with van der Waals surface area (Å²) in [5.41, 5.74) is -0.160. The van der Waals surface area contributed by atoms with E-state index < -0.39 is 22.1 Å². The largest absolute Gasteiger partial charge is 0.460 e. The van der Waals surface area contributed by atoms with Gasteiger partial charge in [0.1, 0.15) is 40.8 Å². The lowest BCUT2D eigenvalue weighted by Gasteiger charge is -2.11. The van der Waals surface area contributed by atoms with E-state index in [1.807, 2.05) is 0 Å². The van der Waals surface area contributed by atoms with Crippen molar-refractivity contribution in [2.24, 2.45) is 0 Å². The van der Waals surface area contributed by atoms with Crippen molar-refractivity contribution in [1.29, 1.82) is 0 Å². The summed E-state index contributed by atoms with van der Waals surface area (Å²) in [7, 11) is 0. The van der Waals surface area contributed by atoms with Gasteiger partial charge in [-0.15, -0.1) is 0 Å². The number of hydrogen-bond donors (Lipinski definition) is 0. The summed E-state index contributed by atoms with van der Waals surface area (Å²) in [6.45, 7) is 4.11. The molecule has 2 heterocycles. The molecule has 4 rings (SSSR count). The van der Waals surface area contributed by atoms with E-state index in [4.69, 9.17) is 20.8 Å². The van der Waals surface area contributed by atoms with Crippen LogP contribution in [-0.2, 0) is 11.3 Å². The first-order valence-electron chi connectivity index (χ1n) is 9.99. The Morgan fingerprint density at radius 3 is 2.62 bits per heavy atom. The second kappa shape index (κ2) is 8.71. The summed E-state index contributed by atoms with van der Waals surface area (Å²) in [5.74, 6) is -1.15. The number of halogens is 2. The molecule has 0 bridgehead atoms. The molecule has 2 aromatic heterocycles. The van der Waals surface area contributed by atoms with E-state index in [1.165, 1.54) is 61.9 Å². The molecule has 0 aliphatic heterocycles. The third kappa shape index (κ3) is 4.03.